The number of hydrogen-bond acceptors (Lipinski definition) is 5. The second-order valence-electron chi connectivity index (χ2n) is 4.35. The van der Waals surface area contributed by atoms with Gasteiger partial charge in [0.2, 0.25) is 0 Å². The number of methoxy groups -OCH3 is 2. The number of carbonyl (C=O) groups is 1. The van der Waals surface area contributed by atoms with Gasteiger partial charge in [-0.25, -0.2) is 4.79 Å². The molecular formula is C15H17NO4S. The first-order valence-corrected chi connectivity index (χ1v) is 7.22. The summed E-state index contributed by atoms with van der Waals surface area (Å²) in [7, 11) is 3.14. The van der Waals surface area contributed by atoms with Crippen molar-refractivity contribution >= 4 is 23.0 Å². The summed E-state index contributed by atoms with van der Waals surface area (Å²) in [6.07, 6.45) is 0.631. The van der Waals surface area contributed by atoms with Crippen LogP contribution in [0.1, 0.15) is 22.2 Å². The highest BCUT2D eigenvalue weighted by atomic mass is 32.1. The number of anilines is 1. The molecule has 0 aliphatic rings. The predicted octanol–water partition coefficient (Wildman–Crippen LogP) is 3.28. The van der Waals surface area contributed by atoms with Gasteiger partial charge in [-0.2, -0.15) is 0 Å². The van der Waals surface area contributed by atoms with E-state index in [1.54, 1.807) is 14.2 Å². The van der Waals surface area contributed by atoms with Crippen molar-refractivity contribution in [3.63, 3.8) is 0 Å². The molecule has 0 saturated heterocycles. The zero-order chi connectivity index (χ0) is 15.6. The van der Waals surface area contributed by atoms with Crippen molar-refractivity contribution in [2.45, 2.75) is 13.3 Å². The molecule has 1 aromatic heterocycles. The van der Waals surface area contributed by atoms with Crippen LogP contribution >= 0.6 is 11.3 Å². The van der Waals surface area contributed by atoms with E-state index in [9.17, 15) is 9.90 Å². The Morgan fingerprint density at radius 3 is 2.29 bits per heavy atom. The molecule has 0 atom stereocenters. The van der Waals surface area contributed by atoms with Crippen LogP contribution < -0.4 is 15.2 Å². The van der Waals surface area contributed by atoms with Crippen molar-refractivity contribution < 1.29 is 19.4 Å². The van der Waals surface area contributed by atoms with Crippen LogP contribution in [-0.4, -0.2) is 25.3 Å². The third-order valence-electron chi connectivity index (χ3n) is 3.25. The molecule has 0 aliphatic carbocycles. The molecule has 0 aliphatic heterocycles. The molecule has 6 heteroatoms. The van der Waals surface area contributed by atoms with Gasteiger partial charge < -0.3 is 20.3 Å². The molecule has 21 heavy (non-hydrogen) atoms. The summed E-state index contributed by atoms with van der Waals surface area (Å²) in [5.74, 6) is 0.233. The van der Waals surface area contributed by atoms with Crippen LogP contribution in [0.5, 0.6) is 11.5 Å². The van der Waals surface area contributed by atoms with Gasteiger partial charge in [-0.05, 0) is 24.1 Å². The first kappa shape index (κ1) is 15.2. The Bertz CT molecular complexity index is 656. The van der Waals surface area contributed by atoms with Gasteiger partial charge >= 0.3 is 5.97 Å². The summed E-state index contributed by atoms with van der Waals surface area (Å²) in [6, 6.07) is 5.45. The highest BCUT2D eigenvalue weighted by Gasteiger charge is 2.24. The summed E-state index contributed by atoms with van der Waals surface area (Å²) in [6.45, 7) is 1.94. The van der Waals surface area contributed by atoms with E-state index >= 15 is 0 Å². The lowest BCUT2D eigenvalue weighted by molar-refractivity contribution is 0.0703. The largest absolute Gasteiger partial charge is 0.496 e. The maximum Gasteiger partial charge on any atom is 0.348 e. The molecular weight excluding hydrogens is 290 g/mol. The predicted molar refractivity (Wildman–Crippen MR) is 83.6 cm³/mol. The average molecular weight is 307 g/mol. The maximum absolute atomic E-state index is 11.3. The minimum absolute atomic E-state index is 0.148. The minimum Gasteiger partial charge on any atom is -0.496 e. The van der Waals surface area contributed by atoms with E-state index in [1.165, 1.54) is 0 Å². The SMILES string of the molecule is CCc1c(-c2c(OC)cccc2OC)sc(C(=O)O)c1N. The van der Waals surface area contributed by atoms with Gasteiger partial charge in [0.25, 0.3) is 0 Å². The molecule has 1 heterocycles. The highest BCUT2D eigenvalue weighted by Crippen LogP contribution is 2.46. The number of carboxylic acids is 1. The molecule has 0 bridgehead atoms. The number of nitrogens with two attached hydrogens (primary N) is 1. The summed E-state index contributed by atoms with van der Waals surface area (Å²) in [5.41, 5.74) is 7.85. The molecule has 3 N–H and O–H groups in total. The van der Waals surface area contributed by atoms with Gasteiger partial charge in [0.05, 0.1) is 25.5 Å². The summed E-state index contributed by atoms with van der Waals surface area (Å²) >= 11 is 1.15. The molecule has 0 radical (unpaired) electrons. The van der Waals surface area contributed by atoms with E-state index in [1.807, 2.05) is 25.1 Å². The first-order valence-electron chi connectivity index (χ1n) is 6.40. The van der Waals surface area contributed by atoms with Crippen LogP contribution in [0.2, 0.25) is 0 Å². The van der Waals surface area contributed by atoms with Gasteiger partial charge in [0.1, 0.15) is 16.4 Å². The minimum atomic E-state index is -1.02. The van der Waals surface area contributed by atoms with Crippen molar-refractivity contribution in [1.29, 1.82) is 0 Å². The van der Waals surface area contributed by atoms with E-state index in [2.05, 4.69) is 0 Å². The topological polar surface area (TPSA) is 81.8 Å². The van der Waals surface area contributed by atoms with Crippen LogP contribution in [-0.2, 0) is 6.42 Å². The fraction of sp³-hybridized carbons (Fsp3) is 0.267. The number of hydrogen-bond donors (Lipinski definition) is 2. The molecule has 0 unspecified atom stereocenters. The Hall–Kier alpha value is -2.21. The van der Waals surface area contributed by atoms with Gasteiger partial charge in [-0.1, -0.05) is 13.0 Å². The van der Waals surface area contributed by atoms with E-state index < -0.39 is 5.97 Å². The molecule has 5 nitrogen and oxygen atoms in total. The van der Waals surface area contributed by atoms with Crippen molar-refractivity contribution in [3.8, 4) is 21.9 Å². The van der Waals surface area contributed by atoms with Gasteiger partial charge in [-0.3, -0.25) is 0 Å². The molecule has 1 aromatic carbocycles. The van der Waals surface area contributed by atoms with Crippen LogP contribution in [0.4, 0.5) is 5.69 Å². The smallest absolute Gasteiger partial charge is 0.348 e. The molecule has 2 rings (SSSR count). The van der Waals surface area contributed by atoms with Crippen molar-refractivity contribution in [1.82, 2.24) is 0 Å². The number of ether oxygens (including phenoxy) is 2. The van der Waals surface area contributed by atoms with Gasteiger partial charge in [0.15, 0.2) is 0 Å². The molecule has 0 saturated carbocycles. The average Bonchev–Trinajstić information content (AvgIpc) is 2.82. The highest BCUT2D eigenvalue weighted by molar-refractivity contribution is 7.18. The first-order chi connectivity index (χ1) is 10.0. The number of thiophene rings is 1. The Morgan fingerprint density at radius 1 is 1.29 bits per heavy atom. The van der Waals surface area contributed by atoms with Gasteiger partial charge in [0, 0.05) is 4.88 Å². The number of nitrogen functional groups attached to an aromatic ring is 1. The number of carboxylic acid groups (broad SMARTS) is 1. The Kier molecular flexibility index (Phi) is 4.37. The second-order valence-corrected chi connectivity index (χ2v) is 5.37. The standard InChI is InChI=1S/C15H17NO4S/c1-4-8-12(16)14(15(17)18)21-13(8)11-9(19-2)6-5-7-10(11)20-3/h5-7H,4,16H2,1-3H3,(H,17,18). The summed E-state index contributed by atoms with van der Waals surface area (Å²) in [4.78, 5) is 12.2. The van der Waals surface area contributed by atoms with E-state index in [-0.39, 0.29) is 4.88 Å². The van der Waals surface area contributed by atoms with Crippen LogP contribution in [0.15, 0.2) is 18.2 Å². The fourth-order valence-electron chi connectivity index (χ4n) is 2.26. The zero-order valence-electron chi connectivity index (χ0n) is 12.1. The Balaban J connectivity index is 2.78. The van der Waals surface area contributed by atoms with Crippen molar-refractivity contribution in [2.75, 3.05) is 20.0 Å². The normalized spacial score (nSPS) is 10.4. The fourth-order valence-corrected chi connectivity index (χ4v) is 3.47. The molecule has 112 valence electrons. The second kappa shape index (κ2) is 6.05. The summed E-state index contributed by atoms with van der Waals surface area (Å²) < 4.78 is 10.8. The monoisotopic (exact) mass is 307 g/mol. The quantitative estimate of drug-likeness (QED) is 0.886. The maximum atomic E-state index is 11.3. The zero-order valence-corrected chi connectivity index (χ0v) is 12.9. The third kappa shape index (κ3) is 2.54. The van der Waals surface area contributed by atoms with Crippen LogP contribution in [0, 0.1) is 0 Å². The number of rotatable bonds is 5. The lowest BCUT2D eigenvalue weighted by atomic mass is 10.0. The molecule has 2 aromatic rings. The molecule has 0 fully saturated rings. The number of benzene rings is 1. The number of aromatic carboxylic acids is 1. The van der Waals surface area contributed by atoms with Crippen molar-refractivity contribution in [2.24, 2.45) is 0 Å². The third-order valence-corrected chi connectivity index (χ3v) is 4.50. The van der Waals surface area contributed by atoms with E-state index in [4.69, 9.17) is 15.2 Å². The lowest BCUT2D eigenvalue weighted by Gasteiger charge is -2.13. The van der Waals surface area contributed by atoms with Crippen LogP contribution in [0.3, 0.4) is 0 Å². The van der Waals surface area contributed by atoms with Crippen molar-refractivity contribution in [3.05, 3.63) is 28.6 Å². The molecule has 0 spiro atoms. The molecule has 0 amide bonds. The Morgan fingerprint density at radius 2 is 1.86 bits per heavy atom. The summed E-state index contributed by atoms with van der Waals surface area (Å²) in [5, 5.41) is 9.27. The van der Waals surface area contributed by atoms with Gasteiger partial charge in [-0.15, -0.1) is 11.3 Å². The van der Waals surface area contributed by atoms with Crippen LogP contribution in [0.25, 0.3) is 10.4 Å². The lowest BCUT2D eigenvalue weighted by Crippen LogP contribution is -1.99. The Labute approximate surface area is 126 Å². The van der Waals surface area contributed by atoms with E-state index in [0.29, 0.717) is 23.6 Å². The van der Waals surface area contributed by atoms with E-state index in [0.717, 1.165) is 27.3 Å².